The molecule has 0 saturated heterocycles. The molecule has 3 heteroatoms. The Morgan fingerprint density at radius 3 is 2.00 bits per heavy atom. The fourth-order valence-electron chi connectivity index (χ4n) is 0.521. The second kappa shape index (κ2) is 15.9. The molecule has 0 rings (SSSR count). The Labute approximate surface area is 71.1 Å². The van der Waals surface area contributed by atoms with Gasteiger partial charge >= 0.3 is 0 Å². The molecule has 0 aromatic rings. The van der Waals surface area contributed by atoms with Gasteiger partial charge in [-0.2, -0.15) is 11.1 Å². The standard InChI is InChI=1S/C6H13Cl.ClH3Si/c1-2-3-4-5-6-7;1-2/h2-6H2,1H3;2H3. The Kier molecular flexibility index (Phi) is 22.1. The van der Waals surface area contributed by atoms with Crippen molar-refractivity contribution in [1.29, 1.82) is 0 Å². The predicted molar refractivity (Wildman–Crippen MR) is 50.7 cm³/mol. The highest BCUT2D eigenvalue weighted by Gasteiger charge is 1.81. The van der Waals surface area contributed by atoms with Crippen LogP contribution < -0.4 is 0 Å². The maximum Gasteiger partial charge on any atom is 0.109 e. The predicted octanol–water partition coefficient (Wildman–Crippen LogP) is 2.31. The van der Waals surface area contributed by atoms with Gasteiger partial charge in [0.15, 0.2) is 0 Å². The van der Waals surface area contributed by atoms with Crippen molar-refractivity contribution in [2.24, 2.45) is 0 Å². The summed E-state index contributed by atoms with van der Waals surface area (Å²) in [5.74, 6) is 0.833. The minimum Gasteiger partial charge on any atom is -0.181 e. The van der Waals surface area contributed by atoms with Crippen LogP contribution in [0.3, 0.4) is 0 Å². The number of rotatable bonds is 4. The number of hydrogen-bond donors (Lipinski definition) is 0. The van der Waals surface area contributed by atoms with Gasteiger partial charge in [0.1, 0.15) is 9.55 Å². The average molecular weight is 187 g/mol. The maximum atomic E-state index is 5.44. The molecule has 0 heterocycles. The van der Waals surface area contributed by atoms with Crippen LogP contribution in [0, 0.1) is 0 Å². The van der Waals surface area contributed by atoms with Gasteiger partial charge in [-0.1, -0.05) is 26.2 Å². The molecule has 0 N–H and O–H groups in total. The summed E-state index contributed by atoms with van der Waals surface area (Å²) in [5.41, 5.74) is 0. The van der Waals surface area contributed by atoms with Crippen molar-refractivity contribution in [1.82, 2.24) is 0 Å². The van der Waals surface area contributed by atoms with Gasteiger partial charge in [-0.15, -0.1) is 11.6 Å². The Balaban J connectivity index is 0. The Bertz CT molecular complexity index is 30.2. The van der Waals surface area contributed by atoms with Crippen LogP contribution in [0.5, 0.6) is 0 Å². The third kappa shape index (κ3) is 17.7. The van der Waals surface area contributed by atoms with Gasteiger partial charge in [0.2, 0.25) is 0 Å². The van der Waals surface area contributed by atoms with Crippen molar-refractivity contribution in [2.45, 2.75) is 32.6 Å². The summed E-state index contributed by atoms with van der Waals surface area (Å²) in [6.07, 6.45) is 5.14. The lowest BCUT2D eigenvalue weighted by molar-refractivity contribution is 0.705. The van der Waals surface area contributed by atoms with E-state index in [1.165, 1.54) is 25.7 Å². The lowest BCUT2D eigenvalue weighted by Gasteiger charge is -1.89. The van der Waals surface area contributed by atoms with Crippen LogP contribution in [-0.4, -0.2) is 15.4 Å². The zero-order valence-corrected chi connectivity index (χ0v) is 9.80. The van der Waals surface area contributed by atoms with E-state index >= 15 is 0 Å². The normalized spacial score (nSPS) is 8.33. The fourth-order valence-corrected chi connectivity index (χ4v) is 0.710. The summed E-state index contributed by atoms with van der Waals surface area (Å²) < 4.78 is 0. The molecular formula is C6H16Cl2Si. The first kappa shape index (κ1) is 12.5. The van der Waals surface area contributed by atoms with Crippen LogP contribution >= 0.6 is 22.7 Å². The molecule has 0 atom stereocenters. The van der Waals surface area contributed by atoms with Gasteiger partial charge in [-0.3, -0.25) is 0 Å². The highest BCUT2D eigenvalue weighted by molar-refractivity contribution is 6.80. The van der Waals surface area contributed by atoms with Crippen molar-refractivity contribution >= 4 is 32.2 Å². The van der Waals surface area contributed by atoms with E-state index in [9.17, 15) is 0 Å². The topological polar surface area (TPSA) is 0 Å². The van der Waals surface area contributed by atoms with Gasteiger partial charge in [0.25, 0.3) is 0 Å². The lowest BCUT2D eigenvalue weighted by Crippen LogP contribution is -1.74. The minimum absolute atomic E-state index is 0.778. The van der Waals surface area contributed by atoms with Crippen molar-refractivity contribution in [2.75, 3.05) is 5.88 Å². The van der Waals surface area contributed by atoms with Crippen molar-refractivity contribution in [3.63, 3.8) is 0 Å². The smallest absolute Gasteiger partial charge is 0.109 e. The minimum atomic E-state index is 0.778. The monoisotopic (exact) mass is 186 g/mol. The summed E-state index contributed by atoms with van der Waals surface area (Å²) in [4.78, 5) is 0. The highest BCUT2D eigenvalue weighted by Crippen LogP contribution is 1.98. The largest absolute Gasteiger partial charge is 0.181 e. The Hall–Kier alpha value is 0.797. The number of hydrogen-bond acceptors (Lipinski definition) is 0. The number of alkyl halides is 1. The van der Waals surface area contributed by atoms with Crippen LogP contribution in [0.25, 0.3) is 0 Å². The van der Waals surface area contributed by atoms with E-state index in [1.54, 1.807) is 0 Å². The quantitative estimate of drug-likeness (QED) is 0.274. The first-order valence-electron chi connectivity index (χ1n) is 3.35. The molecule has 0 aromatic carbocycles. The first-order chi connectivity index (χ1) is 4.41. The molecule has 0 saturated carbocycles. The van der Waals surface area contributed by atoms with Crippen LogP contribution in [0.1, 0.15) is 32.6 Å². The number of halogens is 2. The molecule has 0 nitrogen and oxygen atoms in total. The molecule has 0 fully saturated rings. The number of unbranched alkanes of at least 4 members (excludes halogenated alkanes) is 3. The summed E-state index contributed by atoms with van der Waals surface area (Å²) in [5, 5.41) is 0. The third-order valence-electron chi connectivity index (χ3n) is 0.987. The van der Waals surface area contributed by atoms with E-state index in [4.69, 9.17) is 22.7 Å². The molecule has 0 spiro atoms. The molecule has 0 bridgehead atoms. The summed E-state index contributed by atoms with van der Waals surface area (Å²) in [6, 6.07) is 0. The SMILES string of the molecule is CCCCCCCl.[SiH3]Cl. The van der Waals surface area contributed by atoms with Crippen molar-refractivity contribution in [3.05, 3.63) is 0 Å². The van der Waals surface area contributed by atoms with Gasteiger partial charge in [-0.25, -0.2) is 0 Å². The molecule has 0 aliphatic heterocycles. The summed E-state index contributed by atoms with van der Waals surface area (Å²) in [7, 11) is 0.778. The highest BCUT2D eigenvalue weighted by atomic mass is 35.6. The van der Waals surface area contributed by atoms with E-state index in [0.717, 1.165) is 15.4 Å². The molecule has 9 heavy (non-hydrogen) atoms. The Morgan fingerprint density at radius 1 is 1.11 bits per heavy atom. The van der Waals surface area contributed by atoms with Crippen LogP contribution in [0.2, 0.25) is 0 Å². The third-order valence-corrected chi connectivity index (χ3v) is 1.25. The molecule has 0 unspecified atom stereocenters. The van der Waals surface area contributed by atoms with Crippen LogP contribution in [0.15, 0.2) is 0 Å². The fraction of sp³-hybridized carbons (Fsp3) is 1.00. The van der Waals surface area contributed by atoms with E-state index in [2.05, 4.69) is 6.92 Å². The van der Waals surface area contributed by atoms with Crippen LogP contribution in [0.4, 0.5) is 0 Å². The zero-order chi connectivity index (χ0) is 7.54. The molecule has 0 aliphatic carbocycles. The summed E-state index contributed by atoms with van der Waals surface area (Å²) >= 11 is 10.2. The molecular weight excluding hydrogens is 171 g/mol. The van der Waals surface area contributed by atoms with Gasteiger partial charge in [0.05, 0.1) is 0 Å². The summed E-state index contributed by atoms with van der Waals surface area (Å²) in [6.45, 7) is 2.20. The molecule has 0 amide bonds. The van der Waals surface area contributed by atoms with E-state index in [-0.39, 0.29) is 0 Å². The maximum absolute atomic E-state index is 5.44. The van der Waals surface area contributed by atoms with Crippen molar-refractivity contribution in [3.8, 4) is 0 Å². The second-order valence-electron chi connectivity index (χ2n) is 1.75. The van der Waals surface area contributed by atoms with Crippen LogP contribution in [-0.2, 0) is 0 Å². The lowest BCUT2D eigenvalue weighted by atomic mass is 10.2. The molecule has 0 radical (unpaired) electrons. The average Bonchev–Trinajstić information content (AvgIpc) is 1.94. The molecule has 58 valence electrons. The van der Waals surface area contributed by atoms with E-state index < -0.39 is 0 Å². The second-order valence-corrected chi connectivity index (χ2v) is 2.13. The molecule has 0 aromatic heterocycles. The van der Waals surface area contributed by atoms with E-state index in [1.807, 2.05) is 0 Å². The Morgan fingerprint density at radius 2 is 1.67 bits per heavy atom. The first-order valence-corrected chi connectivity index (χ1v) is 6.91. The zero-order valence-electron chi connectivity index (χ0n) is 6.29. The van der Waals surface area contributed by atoms with E-state index in [0.29, 0.717) is 0 Å². The van der Waals surface area contributed by atoms with Gasteiger partial charge in [0, 0.05) is 5.88 Å². The van der Waals surface area contributed by atoms with Crippen molar-refractivity contribution < 1.29 is 0 Å². The van der Waals surface area contributed by atoms with Gasteiger partial charge < -0.3 is 0 Å². The molecule has 0 aliphatic rings. The van der Waals surface area contributed by atoms with Gasteiger partial charge in [-0.05, 0) is 6.42 Å².